The maximum absolute atomic E-state index is 11.9. The van der Waals surface area contributed by atoms with Crippen molar-refractivity contribution in [2.24, 2.45) is 7.05 Å². The number of aryl methyl sites for hydroxylation is 3. The van der Waals surface area contributed by atoms with Crippen LogP contribution in [0.25, 0.3) is 0 Å². The van der Waals surface area contributed by atoms with Crippen LogP contribution in [0.5, 0.6) is 0 Å². The predicted octanol–water partition coefficient (Wildman–Crippen LogP) is 2.29. The van der Waals surface area contributed by atoms with Gasteiger partial charge in [0.2, 0.25) is 0 Å². The lowest BCUT2D eigenvalue weighted by molar-refractivity contribution is 0.101. The third-order valence-electron chi connectivity index (χ3n) is 2.53. The van der Waals surface area contributed by atoms with Gasteiger partial charge in [0.25, 0.3) is 5.91 Å². The van der Waals surface area contributed by atoms with Gasteiger partial charge < -0.3 is 9.88 Å². The highest BCUT2D eigenvalue weighted by Crippen LogP contribution is 2.14. The topological polar surface area (TPSA) is 46.9 Å². The number of carbonyl (C=O) groups excluding carboxylic acids is 1. The van der Waals surface area contributed by atoms with Crippen molar-refractivity contribution in [3.8, 4) is 0 Å². The molecule has 1 aromatic carbocycles. The van der Waals surface area contributed by atoms with E-state index in [1.807, 2.05) is 26.0 Å². The van der Waals surface area contributed by atoms with Gasteiger partial charge >= 0.3 is 0 Å². The summed E-state index contributed by atoms with van der Waals surface area (Å²) in [5, 5.41) is 2.87. The zero-order chi connectivity index (χ0) is 12.4. The van der Waals surface area contributed by atoms with E-state index in [-0.39, 0.29) is 5.91 Å². The van der Waals surface area contributed by atoms with Gasteiger partial charge in [0.05, 0.1) is 12.5 Å². The molecule has 1 heterocycles. The second-order valence-electron chi connectivity index (χ2n) is 4.22. The molecule has 0 fully saturated rings. The first-order valence-electron chi connectivity index (χ1n) is 5.42. The normalized spacial score (nSPS) is 10.3. The summed E-state index contributed by atoms with van der Waals surface area (Å²) >= 11 is 0. The van der Waals surface area contributed by atoms with E-state index in [0.29, 0.717) is 5.69 Å². The van der Waals surface area contributed by atoms with Crippen LogP contribution in [0.15, 0.2) is 30.7 Å². The van der Waals surface area contributed by atoms with Crippen LogP contribution in [0.1, 0.15) is 21.6 Å². The molecule has 0 aliphatic carbocycles. The summed E-state index contributed by atoms with van der Waals surface area (Å²) in [5.41, 5.74) is 3.62. The van der Waals surface area contributed by atoms with Gasteiger partial charge in [-0.05, 0) is 37.1 Å². The molecule has 17 heavy (non-hydrogen) atoms. The van der Waals surface area contributed by atoms with Crippen molar-refractivity contribution in [3.05, 3.63) is 47.5 Å². The molecule has 0 saturated heterocycles. The fourth-order valence-corrected chi connectivity index (χ4v) is 1.82. The first-order chi connectivity index (χ1) is 8.06. The Balaban J connectivity index is 2.21. The molecular weight excluding hydrogens is 214 g/mol. The maximum Gasteiger partial charge on any atom is 0.273 e. The van der Waals surface area contributed by atoms with E-state index in [9.17, 15) is 4.79 Å². The summed E-state index contributed by atoms with van der Waals surface area (Å²) < 4.78 is 1.69. The number of benzene rings is 1. The van der Waals surface area contributed by atoms with Crippen LogP contribution >= 0.6 is 0 Å². The van der Waals surface area contributed by atoms with Crippen molar-refractivity contribution in [2.45, 2.75) is 13.8 Å². The second-order valence-corrected chi connectivity index (χ2v) is 4.22. The van der Waals surface area contributed by atoms with E-state index in [4.69, 9.17) is 0 Å². The predicted molar refractivity (Wildman–Crippen MR) is 67.1 cm³/mol. The molecule has 2 aromatic rings. The molecular formula is C13H15N3O. The number of aromatic nitrogens is 2. The Morgan fingerprint density at radius 2 is 1.88 bits per heavy atom. The molecule has 0 radical (unpaired) electrons. The smallest absolute Gasteiger partial charge is 0.273 e. The van der Waals surface area contributed by atoms with Gasteiger partial charge in [-0.1, -0.05) is 6.07 Å². The highest BCUT2D eigenvalue weighted by Gasteiger charge is 2.09. The minimum atomic E-state index is -0.144. The van der Waals surface area contributed by atoms with Crippen molar-refractivity contribution in [2.75, 3.05) is 5.32 Å². The Kier molecular flexibility index (Phi) is 2.95. The quantitative estimate of drug-likeness (QED) is 0.858. The van der Waals surface area contributed by atoms with Crippen LogP contribution < -0.4 is 5.32 Å². The van der Waals surface area contributed by atoms with Gasteiger partial charge in [0, 0.05) is 12.7 Å². The number of anilines is 1. The van der Waals surface area contributed by atoms with Crippen LogP contribution in [0.2, 0.25) is 0 Å². The third-order valence-corrected chi connectivity index (χ3v) is 2.53. The molecule has 0 atom stereocenters. The summed E-state index contributed by atoms with van der Waals surface area (Å²) in [4.78, 5) is 15.9. The molecule has 88 valence electrons. The van der Waals surface area contributed by atoms with Crippen LogP contribution in [-0.4, -0.2) is 15.5 Å². The largest absolute Gasteiger partial charge is 0.330 e. The minimum Gasteiger partial charge on any atom is -0.330 e. The van der Waals surface area contributed by atoms with Crippen molar-refractivity contribution >= 4 is 11.6 Å². The third kappa shape index (κ3) is 2.53. The zero-order valence-electron chi connectivity index (χ0n) is 10.2. The van der Waals surface area contributed by atoms with Crippen molar-refractivity contribution in [1.82, 2.24) is 9.55 Å². The van der Waals surface area contributed by atoms with Crippen LogP contribution in [0, 0.1) is 13.8 Å². The van der Waals surface area contributed by atoms with Crippen LogP contribution in [0.4, 0.5) is 5.69 Å². The Labute approximate surface area is 100 Å². The summed E-state index contributed by atoms with van der Waals surface area (Å²) in [6, 6.07) is 5.96. The fourth-order valence-electron chi connectivity index (χ4n) is 1.82. The Morgan fingerprint density at radius 1 is 1.24 bits per heavy atom. The number of amides is 1. The Bertz CT molecular complexity index is 537. The highest BCUT2D eigenvalue weighted by molar-refractivity contribution is 6.03. The molecule has 1 amide bonds. The molecule has 1 N–H and O–H groups in total. The first-order valence-corrected chi connectivity index (χ1v) is 5.42. The summed E-state index contributed by atoms with van der Waals surface area (Å²) in [6.07, 6.45) is 3.16. The maximum atomic E-state index is 11.9. The molecule has 0 unspecified atom stereocenters. The lowest BCUT2D eigenvalue weighted by atomic mass is 10.1. The minimum absolute atomic E-state index is 0.144. The van der Waals surface area contributed by atoms with Crippen molar-refractivity contribution in [3.63, 3.8) is 0 Å². The van der Waals surface area contributed by atoms with E-state index in [1.54, 1.807) is 24.1 Å². The lowest BCUT2D eigenvalue weighted by Crippen LogP contribution is -2.15. The van der Waals surface area contributed by atoms with Gasteiger partial charge in [0.1, 0.15) is 5.69 Å². The van der Waals surface area contributed by atoms with E-state index in [2.05, 4.69) is 16.4 Å². The standard InChI is InChI=1S/C13H15N3O/c1-9-4-10(2)6-11(5-9)15-13(17)12-7-14-8-16(12)3/h4-8H,1-3H3,(H,15,17). The summed E-state index contributed by atoms with van der Waals surface area (Å²) in [7, 11) is 1.80. The van der Waals surface area contributed by atoms with E-state index in [1.165, 1.54) is 0 Å². The average Bonchev–Trinajstić information content (AvgIpc) is 2.62. The molecule has 1 aromatic heterocycles. The molecule has 0 aliphatic heterocycles. The molecule has 4 nitrogen and oxygen atoms in total. The van der Waals surface area contributed by atoms with Crippen LogP contribution in [-0.2, 0) is 7.05 Å². The fraction of sp³-hybridized carbons (Fsp3) is 0.231. The SMILES string of the molecule is Cc1cc(C)cc(NC(=O)c2cncn2C)c1. The Hall–Kier alpha value is -2.10. The number of carbonyl (C=O) groups is 1. The molecule has 4 heteroatoms. The van der Waals surface area contributed by atoms with Gasteiger partial charge in [0.15, 0.2) is 0 Å². The number of rotatable bonds is 2. The van der Waals surface area contributed by atoms with Gasteiger partial charge in [-0.2, -0.15) is 0 Å². The van der Waals surface area contributed by atoms with Crippen molar-refractivity contribution in [1.29, 1.82) is 0 Å². The number of hydrogen-bond donors (Lipinski definition) is 1. The summed E-state index contributed by atoms with van der Waals surface area (Å²) in [6.45, 7) is 4.01. The number of hydrogen-bond acceptors (Lipinski definition) is 2. The monoisotopic (exact) mass is 229 g/mol. The van der Waals surface area contributed by atoms with E-state index in [0.717, 1.165) is 16.8 Å². The molecule has 2 rings (SSSR count). The molecule has 0 bridgehead atoms. The second kappa shape index (κ2) is 4.41. The molecule has 0 aliphatic rings. The zero-order valence-corrected chi connectivity index (χ0v) is 10.2. The van der Waals surface area contributed by atoms with Gasteiger partial charge in [-0.25, -0.2) is 4.98 Å². The van der Waals surface area contributed by atoms with E-state index >= 15 is 0 Å². The first kappa shape index (κ1) is 11.4. The highest BCUT2D eigenvalue weighted by atomic mass is 16.1. The Morgan fingerprint density at radius 3 is 2.41 bits per heavy atom. The number of nitrogens with one attached hydrogen (secondary N) is 1. The van der Waals surface area contributed by atoms with Gasteiger partial charge in [-0.15, -0.1) is 0 Å². The average molecular weight is 229 g/mol. The molecule has 0 spiro atoms. The number of nitrogens with zero attached hydrogens (tertiary/aromatic N) is 2. The van der Waals surface area contributed by atoms with Crippen molar-refractivity contribution < 1.29 is 4.79 Å². The van der Waals surface area contributed by atoms with E-state index < -0.39 is 0 Å². The van der Waals surface area contributed by atoms with Gasteiger partial charge in [-0.3, -0.25) is 4.79 Å². The summed E-state index contributed by atoms with van der Waals surface area (Å²) in [5.74, 6) is -0.144. The van der Waals surface area contributed by atoms with Crippen LogP contribution in [0.3, 0.4) is 0 Å². The number of imidazole rings is 1. The molecule has 0 saturated carbocycles. The lowest BCUT2D eigenvalue weighted by Gasteiger charge is -2.07.